The fourth-order valence-corrected chi connectivity index (χ4v) is 2.65. The minimum atomic E-state index is -0.163. The number of aromatic nitrogens is 2. The van der Waals surface area contributed by atoms with Gasteiger partial charge in [0.1, 0.15) is 0 Å². The quantitative estimate of drug-likeness (QED) is 0.753. The van der Waals surface area contributed by atoms with Crippen LogP contribution in [-0.4, -0.2) is 21.2 Å². The first-order chi connectivity index (χ1) is 10.6. The lowest BCUT2D eigenvalue weighted by Crippen LogP contribution is -2.11. The fraction of sp³-hybridized carbons (Fsp3) is 0.0625. The Morgan fingerprint density at radius 3 is 2.50 bits per heavy atom. The van der Waals surface area contributed by atoms with E-state index in [2.05, 4.69) is 10.3 Å². The van der Waals surface area contributed by atoms with Gasteiger partial charge in [-0.1, -0.05) is 0 Å². The molecule has 2 heterocycles. The lowest BCUT2D eigenvalue weighted by Gasteiger charge is -2.05. The average Bonchev–Trinajstić information content (AvgIpc) is 3.18. The van der Waals surface area contributed by atoms with Crippen molar-refractivity contribution < 1.29 is 9.59 Å². The van der Waals surface area contributed by atoms with Gasteiger partial charge in [0.15, 0.2) is 5.82 Å². The first-order valence-electron chi connectivity index (χ1n) is 6.61. The lowest BCUT2D eigenvalue weighted by atomic mass is 10.1. The number of aryl methyl sites for hydroxylation is 1. The van der Waals surface area contributed by atoms with E-state index in [1.165, 1.54) is 11.3 Å². The van der Waals surface area contributed by atoms with Gasteiger partial charge in [0.2, 0.25) is 5.78 Å². The molecule has 0 saturated carbocycles. The molecule has 0 unspecified atom stereocenters. The number of anilines is 1. The minimum absolute atomic E-state index is 0.150. The van der Waals surface area contributed by atoms with E-state index >= 15 is 0 Å². The molecule has 0 aliphatic carbocycles. The lowest BCUT2D eigenvalue weighted by molar-refractivity contribution is 0.102. The van der Waals surface area contributed by atoms with Crippen molar-refractivity contribution in [1.29, 1.82) is 0 Å². The molecule has 0 spiro atoms. The van der Waals surface area contributed by atoms with Gasteiger partial charge in [-0.25, -0.2) is 4.98 Å². The highest BCUT2D eigenvalue weighted by Crippen LogP contribution is 2.15. The summed E-state index contributed by atoms with van der Waals surface area (Å²) in [5, 5.41) is 6.43. The Labute approximate surface area is 131 Å². The van der Waals surface area contributed by atoms with Crippen LogP contribution < -0.4 is 5.32 Å². The maximum absolute atomic E-state index is 12.3. The fourth-order valence-electron chi connectivity index (χ4n) is 2.02. The van der Waals surface area contributed by atoms with E-state index in [1.807, 2.05) is 5.38 Å². The van der Waals surface area contributed by atoms with E-state index in [-0.39, 0.29) is 11.7 Å². The molecular formula is C16H13N3O2S. The van der Waals surface area contributed by atoms with Gasteiger partial charge in [0.05, 0.1) is 5.56 Å². The number of nitrogens with zero attached hydrogens (tertiary/aromatic N) is 2. The van der Waals surface area contributed by atoms with Gasteiger partial charge in [0.25, 0.3) is 5.91 Å². The third-order valence-electron chi connectivity index (χ3n) is 3.21. The topological polar surface area (TPSA) is 64.0 Å². The molecule has 3 aromatic rings. The van der Waals surface area contributed by atoms with Gasteiger partial charge in [-0.15, -0.1) is 0 Å². The molecule has 22 heavy (non-hydrogen) atoms. The Bertz CT molecular complexity index is 804. The van der Waals surface area contributed by atoms with Crippen molar-refractivity contribution in [3.8, 4) is 0 Å². The maximum Gasteiger partial charge on any atom is 0.256 e. The van der Waals surface area contributed by atoms with Gasteiger partial charge < -0.3 is 9.88 Å². The Morgan fingerprint density at radius 1 is 1.14 bits per heavy atom. The van der Waals surface area contributed by atoms with Crippen molar-refractivity contribution >= 4 is 28.7 Å². The Balaban J connectivity index is 1.74. The molecule has 110 valence electrons. The zero-order chi connectivity index (χ0) is 15.5. The van der Waals surface area contributed by atoms with E-state index in [9.17, 15) is 9.59 Å². The number of imidazole rings is 1. The monoisotopic (exact) mass is 311 g/mol. The smallest absolute Gasteiger partial charge is 0.256 e. The summed E-state index contributed by atoms with van der Waals surface area (Å²) in [5.41, 5.74) is 1.80. The highest BCUT2D eigenvalue weighted by molar-refractivity contribution is 7.08. The molecular weight excluding hydrogens is 298 g/mol. The molecule has 0 saturated heterocycles. The van der Waals surface area contributed by atoms with E-state index in [0.717, 1.165) is 0 Å². The largest absolute Gasteiger partial charge is 0.331 e. The summed E-state index contributed by atoms with van der Waals surface area (Å²) < 4.78 is 1.68. The number of benzene rings is 1. The van der Waals surface area contributed by atoms with Crippen LogP contribution in [0.15, 0.2) is 53.5 Å². The van der Waals surface area contributed by atoms with Crippen LogP contribution in [0.3, 0.4) is 0 Å². The van der Waals surface area contributed by atoms with Gasteiger partial charge >= 0.3 is 0 Å². The van der Waals surface area contributed by atoms with Crippen LogP contribution in [0, 0.1) is 0 Å². The van der Waals surface area contributed by atoms with Crippen LogP contribution >= 0.6 is 11.3 Å². The Kier molecular flexibility index (Phi) is 3.84. The van der Waals surface area contributed by atoms with E-state index < -0.39 is 0 Å². The van der Waals surface area contributed by atoms with Crippen LogP contribution in [0.1, 0.15) is 26.5 Å². The molecule has 6 heteroatoms. The number of thiophene rings is 1. The second-order valence-electron chi connectivity index (χ2n) is 4.73. The molecule has 0 atom stereocenters. The first-order valence-corrected chi connectivity index (χ1v) is 7.55. The van der Waals surface area contributed by atoms with Crippen molar-refractivity contribution in [3.63, 3.8) is 0 Å². The van der Waals surface area contributed by atoms with Crippen LogP contribution in [0.4, 0.5) is 5.69 Å². The number of ketones is 1. The third kappa shape index (κ3) is 2.82. The Morgan fingerprint density at radius 2 is 1.91 bits per heavy atom. The molecule has 0 radical (unpaired) electrons. The molecule has 5 nitrogen and oxygen atoms in total. The molecule has 2 aromatic heterocycles. The molecule has 1 aromatic carbocycles. The average molecular weight is 311 g/mol. The van der Waals surface area contributed by atoms with Gasteiger partial charge in [-0.05, 0) is 35.7 Å². The summed E-state index contributed by atoms with van der Waals surface area (Å²) in [6.45, 7) is 0. The zero-order valence-electron chi connectivity index (χ0n) is 11.8. The number of hydrogen-bond acceptors (Lipinski definition) is 4. The SMILES string of the molecule is Cn1ccnc1C(=O)c1ccc(NC(=O)c2ccsc2)cc1. The summed E-state index contributed by atoms with van der Waals surface area (Å²) in [6, 6.07) is 8.54. The van der Waals surface area contributed by atoms with Gasteiger partial charge in [-0.3, -0.25) is 9.59 Å². The highest BCUT2D eigenvalue weighted by atomic mass is 32.1. The second kappa shape index (κ2) is 5.95. The molecule has 0 bridgehead atoms. The molecule has 1 N–H and O–H groups in total. The van der Waals surface area contributed by atoms with Crippen molar-refractivity contribution in [2.75, 3.05) is 5.32 Å². The van der Waals surface area contributed by atoms with E-state index in [0.29, 0.717) is 22.6 Å². The first kappa shape index (κ1) is 14.2. The van der Waals surface area contributed by atoms with Crippen LogP contribution in [-0.2, 0) is 7.05 Å². The van der Waals surface area contributed by atoms with E-state index in [4.69, 9.17) is 0 Å². The van der Waals surface area contributed by atoms with Crippen molar-refractivity contribution in [2.45, 2.75) is 0 Å². The zero-order valence-corrected chi connectivity index (χ0v) is 12.6. The van der Waals surface area contributed by atoms with Crippen molar-refractivity contribution in [1.82, 2.24) is 9.55 Å². The standard InChI is InChI=1S/C16H13N3O2S/c1-19-8-7-17-15(19)14(20)11-2-4-13(5-3-11)18-16(21)12-6-9-22-10-12/h2-10H,1H3,(H,18,21). The molecule has 0 fully saturated rings. The summed E-state index contributed by atoms with van der Waals surface area (Å²) in [7, 11) is 1.77. The van der Waals surface area contributed by atoms with Crippen LogP contribution in [0.25, 0.3) is 0 Å². The van der Waals surface area contributed by atoms with Crippen molar-refractivity contribution in [3.05, 3.63) is 70.4 Å². The minimum Gasteiger partial charge on any atom is -0.331 e. The summed E-state index contributed by atoms with van der Waals surface area (Å²) in [4.78, 5) is 28.3. The molecule has 3 rings (SSSR count). The van der Waals surface area contributed by atoms with Crippen LogP contribution in [0.5, 0.6) is 0 Å². The van der Waals surface area contributed by atoms with Gasteiger partial charge in [-0.2, -0.15) is 11.3 Å². The predicted molar refractivity (Wildman–Crippen MR) is 85.4 cm³/mol. The number of amides is 1. The van der Waals surface area contributed by atoms with E-state index in [1.54, 1.807) is 59.7 Å². The third-order valence-corrected chi connectivity index (χ3v) is 3.90. The summed E-state index contributed by atoms with van der Waals surface area (Å²) in [6.07, 6.45) is 3.31. The summed E-state index contributed by atoms with van der Waals surface area (Å²) >= 11 is 1.47. The van der Waals surface area contributed by atoms with Crippen molar-refractivity contribution in [2.24, 2.45) is 7.05 Å². The number of carbonyl (C=O) groups excluding carboxylic acids is 2. The normalized spacial score (nSPS) is 10.4. The molecule has 0 aliphatic heterocycles. The number of hydrogen-bond donors (Lipinski definition) is 1. The maximum atomic E-state index is 12.3. The summed E-state index contributed by atoms with van der Waals surface area (Å²) in [5.74, 6) is 0.0719. The highest BCUT2D eigenvalue weighted by Gasteiger charge is 2.13. The number of nitrogens with one attached hydrogen (secondary N) is 1. The number of rotatable bonds is 4. The molecule has 1 amide bonds. The van der Waals surface area contributed by atoms with Crippen LogP contribution in [0.2, 0.25) is 0 Å². The number of carbonyl (C=O) groups is 2. The molecule has 0 aliphatic rings. The Hall–Kier alpha value is -2.73. The van der Waals surface area contributed by atoms with Gasteiger partial charge in [0, 0.05) is 36.1 Å². The predicted octanol–water partition coefficient (Wildman–Crippen LogP) is 2.96. The second-order valence-corrected chi connectivity index (χ2v) is 5.51.